The summed E-state index contributed by atoms with van der Waals surface area (Å²) in [6.45, 7) is 0. The summed E-state index contributed by atoms with van der Waals surface area (Å²) in [7, 11) is -1.72. The molecular formula is C13H8BrF3N4O2S. The van der Waals surface area contributed by atoms with E-state index in [9.17, 15) is 17.4 Å². The molecule has 2 aromatic heterocycles. The Bertz CT molecular complexity index is 898. The number of fused-ring (bicyclic) bond motifs is 1. The van der Waals surface area contributed by atoms with Gasteiger partial charge in [-0.25, -0.2) is 13.7 Å². The zero-order chi connectivity index (χ0) is 17.3. The fourth-order valence-electron chi connectivity index (χ4n) is 1.89. The largest absolute Gasteiger partial charge is 0.573 e. The molecule has 1 N–H and O–H groups in total. The number of nitrogens with one attached hydrogen (secondary N) is 1. The van der Waals surface area contributed by atoms with Crippen LogP contribution in [0.2, 0.25) is 0 Å². The topological polar surface area (TPSA) is 68.5 Å². The summed E-state index contributed by atoms with van der Waals surface area (Å²) in [5.41, 5.74) is 0.592. The van der Waals surface area contributed by atoms with Gasteiger partial charge in [0.05, 0.1) is 4.90 Å². The Kier molecular flexibility index (Phi) is 4.45. The van der Waals surface area contributed by atoms with Crippen molar-refractivity contribution in [3.8, 4) is 5.75 Å². The van der Waals surface area contributed by atoms with Crippen molar-refractivity contribution in [3.05, 3.63) is 47.3 Å². The summed E-state index contributed by atoms with van der Waals surface area (Å²) >= 11 is 3.31. The van der Waals surface area contributed by atoms with Crippen LogP contribution in [-0.2, 0) is 11.0 Å². The van der Waals surface area contributed by atoms with E-state index in [0.29, 0.717) is 15.9 Å². The summed E-state index contributed by atoms with van der Waals surface area (Å²) in [4.78, 5) is 4.29. The molecular weight excluding hydrogens is 413 g/mol. The lowest BCUT2D eigenvalue weighted by atomic mass is 10.3. The van der Waals surface area contributed by atoms with Crippen LogP contribution in [0, 0.1) is 0 Å². The molecule has 0 fully saturated rings. The van der Waals surface area contributed by atoms with Gasteiger partial charge in [-0.05, 0) is 52.3 Å². The first-order valence-corrected chi connectivity index (χ1v) is 8.30. The van der Waals surface area contributed by atoms with Gasteiger partial charge in [0.2, 0.25) is 0 Å². The number of benzene rings is 1. The molecule has 0 saturated heterocycles. The van der Waals surface area contributed by atoms with Gasteiger partial charge in [0.25, 0.3) is 0 Å². The van der Waals surface area contributed by atoms with E-state index in [1.165, 1.54) is 18.5 Å². The molecule has 0 amide bonds. The molecule has 0 aliphatic rings. The molecule has 126 valence electrons. The summed E-state index contributed by atoms with van der Waals surface area (Å²) in [6, 6.07) is 8.20. The van der Waals surface area contributed by atoms with Crippen molar-refractivity contribution in [1.82, 2.24) is 14.6 Å². The summed E-state index contributed by atoms with van der Waals surface area (Å²) in [5.74, 6) is -0.0622. The van der Waals surface area contributed by atoms with Crippen LogP contribution in [-0.4, -0.2) is 25.2 Å². The average Bonchev–Trinajstić information content (AvgIpc) is 2.89. The molecule has 0 aliphatic carbocycles. The molecule has 0 radical (unpaired) electrons. The van der Waals surface area contributed by atoms with E-state index >= 15 is 0 Å². The minimum absolute atomic E-state index is 0.270. The lowest BCUT2D eigenvalue weighted by molar-refractivity contribution is -0.274. The second kappa shape index (κ2) is 6.40. The smallest absolute Gasteiger partial charge is 0.406 e. The van der Waals surface area contributed by atoms with Gasteiger partial charge in [0, 0.05) is 0 Å². The highest BCUT2D eigenvalue weighted by Crippen LogP contribution is 2.24. The van der Waals surface area contributed by atoms with E-state index in [4.69, 9.17) is 0 Å². The molecule has 11 heteroatoms. The normalized spacial score (nSPS) is 13.0. The lowest BCUT2D eigenvalue weighted by Gasteiger charge is -2.10. The fraction of sp³-hybridized carbons (Fsp3) is 0.0769. The molecule has 2 heterocycles. The maximum Gasteiger partial charge on any atom is 0.573 e. The number of halogens is 4. The number of nitrogens with zero attached hydrogens (tertiary/aromatic N) is 3. The predicted octanol–water partition coefficient (Wildman–Crippen LogP) is 3.53. The van der Waals surface area contributed by atoms with Crippen molar-refractivity contribution >= 4 is 38.3 Å². The van der Waals surface area contributed by atoms with Crippen molar-refractivity contribution in [2.24, 2.45) is 0 Å². The number of anilines is 1. The Morgan fingerprint density at radius 2 is 1.88 bits per heavy atom. The van der Waals surface area contributed by atoms with Crippen molar-refractivity contribution in [3.63, 3.8) is 0 Å². The maximum absolute atomic E-state index is 12.3. The van der Waals surface area contributed by atoms with Gasteiger partial charge < -0.3 is 4.74 Å². The molecule has 1 aromatic carbocycles. The maximum atomic E-state index is 12.3. The molecule has 1 atom stereocenters. The number of ether oxygens (including phenoxy) is 1. The molecule has 3 rings (SSSR count). The van der Waals surface area contributed by atoms with E-state index in [1.807, 2.05) is 0 Å². The second-order valence-electron chi connectivity index (χ2n) is 4.45. The van der Waals surface area contributed by atoms with E-state index in [2.05, 4.69) is 35.5 Å². The summed E-state index contributed by atoms with van der Waals surface area (Å²) in [6.07, 6.45) is -3.48. The van der Waals surface area contributed by atoms with E-state index in [0.717, 1.165) is 12.1 Å². The molecule has 6 nitrogen and oxygen atoms in total. The molecule has 0 saturated carbocycles. The Morgan fingerprint density at radius 3 is 2.54 bits per heavy atom. The first-order chi connectivity index (χ1) is 11.3. The molecule has 3 aromatic rings. The minimum atomic E-state index is -4.77. The monoisotopic (exact) mass is 420 g/mol. The van der Waals surface area contributed by atoms with Crippen LogP contribution >= 0.6 is 15.9 Å². The van der Waals surface area contributed by atoms with Crippen LogP contribution in [0.1, 0.15) is 0 Å². The Labute approximate surface area is 144 Å². The van der Waals surface area contributed by atoms with Crippen LogP contribution in [0.5, 0.6) is 5.75 Å². The highest BCUT2D eigenvalue weighted by Gasteiger charge is 2.31. The summed E-state index contributed by atoms with van der Waals surface area (Å²) in [5, 5.41) is 4.02. The van der Waals surface area contributed by atoms with Crippen LogP contribution in [0.25, 0.3) is 5.52 Å². The highest BCUT2D eigenvalue weighted by molar-refractivity contribution is 9.10. The average molecular weight is 421 g/mol. The van der Waals surface area contributed by atoms with Crippen LogP contribution in [0.15, 0.2) is 52.2 Å². The highest BCUT2D eigenvalue weighted by atomic mass is 79.9. The van der Waals surface area contributed by atoms with Gasteiger partial charge >= 0.3 is 6.36 Å². The SMILES string of the molecule is O=S(Nc1ncnn2c(Br)ccc12)c1ccc(OC(F)(F)F)cc1. The number of alkyl halides is 3. The number of aromatic nitrogens is 3. The molecule has 0 spiro atoms. The number of hydrogen-bond donors (Lipinski definition) is 1. The number of hydrogen-bond acceptors (Lipinski definition) is 4. The van der Waals surface area contributed by atoms with Gasteiger partial charge in [-0.2, -0.15) is 5.10 Å². The van der Waals surface area contributed by atoms with E-state index in [-0.39, 0.29) is 10.6 Å². The van der Waals surface area contributed by atoms with Gasteiger partial charge in [-0.1, -0.05) is 0 Å². The quantitative estimate of drug-likeness (QED) is 0.700. The first kappa shape index (κ1) is 16.7. The van der Waals surface area contributed by atoms with Crippen LogP contribution in [0.4, 0.5) is 19.0 Å². The molecule has 1 unspecified atom stereocenters. The second-order valence-corrected chi connectivity index (χ2v) is 6.48. The third-order valence-corrected chi connectivity index (χ3v) is 4.55. The Hall–Kier alpha value is -2.14. The van der Waals surface area contributed by atoms with Crippen molar-refractivity contribution in [1.29, 1.82) is 0 Å². The fourth-order valence-corrected chi connectivity index (χ4v) is 3.14. The number of rotatable bonds is 4. The van der Waals surface area contributed by atoms with Gasteiger partial charge in [-0.15, -0.1) is 13.2 Å². The van der Waals surface area contributed by atoms with Crippen molar-refractivity contribution in [2.45, 2.75) is 11.3 Å². The van der Waals surface area contributed by atoms with Gasteiger partial charge in [0.1, 0.15) is 22.2 Å². The van der Waals surface area contributed by atoms with Gasteiger partial charge in [-0.3, -0.25) is 4.72 Å². The molecule has 0 bridgehead atoms. The third-order valence-electron chi connectivity index (χ3n) is 2.87. The first-order valence-electron chi connectivity index (χ1n) is 6.36. The van der Waals surface area contributed by atoms with Crippen LogP contribution < -0.4 is 9.46 Å². The minimum Gasteiger partial charge on any atom is -0.406 e. The van der Waals surface area contributed by atoms with E-state index in [1.54, 1.807) is 16.6 Å². The standard InChI is InChI=1S/C13H8BrF3N4O2S/c14-11-6-5-10-12(18-7-19-21(10)11)20-24(22)9-3-1-8(2-4-9)23-13(15,16)17/h1-7H,(H,18,19,20). The summed E-state index contributed by atoms with van der Waals surface area (Å²) < 4.78 is 57.4. The van der Waals surface area contributed by atoms with Crippen molar-refractivity contribution in [2.75, 3.05) is 4.72 Å². The lowest BCUT2D eigenvalue weighted by Crippen LogP contribution is -2.17. The van der Waals surface area contributed by atoms with Crippen LogP contribution in [0.3, 0.4) is 0 Å². The third kappa shape index (κ3) is 3.67. The Morgan fingerprint density at radius 1 is 1.17 bits per heavy atom. The zero-order valence-corrected chi connectivity index (χ0v) is 14.0. The van der Waals surface area contributed by atoms with Gasteiger partial charge in [0.15, 0.2) is 16.8 Å². The molecule has 0 aliphatic heterocycles. The molecule has 24 heavy (non-hydrogen) atoms. The Balaban J connectivity index is 1.79. The zero-order valence-electron chi connectivity index (χ0n) is 11.6. The van der Waals surface area contributed by atoms with E-state index < -0.39 is 17.3 Å². The van der Waals surface area contributed by atoms with Crippen molar-refractivity contribution < 1.29 is 22.1 Å². The predicted molar refractivity (Wildman–Crippen MR) is 83.8 cm³/mol.